The summed E-state index contributed by atoms with van der Waals surface area (Å²) in [5, 5.41) is 0. The second kappa shape index (κ2) is 30.4. The maximum absolute atomic E-state index is 13.2. The normalized spacial score (nSPS) is 12.6. The lowest BCUT2D eigenvalue weighted by atomic mass is 9.86. The third kappa shape index (κ3) is 25.4. The van der Waals surface area contributed by atoms with E-state index in [1.165, 1.54) is 122 Å². The molecule has 0 spiro atoms. The number of carbonyl (C=O) groups is 2. The number of Topliss-reactive ketones (excluding diaryl/α,β-unsaturated/α-hetero) is 1. The van der Waals surface area contributed by atoms with Crippen LogP contribution in [0.25, 0.3) is 0 Å². The summed E-state index contributed by atoms with van der Waals surface area (Å²) in [6, 6.07) is 0. The first-order valence-electron chi connectivity index (χ1n) is 18.4. The number of ether oxygens (including phenoxy) is 1. The number of nitrogens with two attached hydrogens (primary N) is 3. The zero-order valence-corrected chi connectivity index (χ0v) is 28.6. The van der Waals surface area contributed by atoms with Crippen molar-refractivity contribution in [1.82, 2.24) is 0 Å². The molecule has 7 nitrogen and oxygen atoms in total. The first kappa shape index (κ1) is 41.4. The molecule has 0 aromatic rings. The van der Waals surface area contributed by atoms with Gasteiger partial charge in [0.05, 0.1) is 6.61 Å². The highest BCUT2D eigenvalue weighted by Gasteiger charge is 2.42. The van der Waals surface area contributed by atoms with E-state index in [2.05, 4.69) is 18.8 Å². The maximum atomic E-state index is 13.2. The Morgan fingerprint density at radius 3 is 1.33 bits per heavy atom. The molecule has 0 aliphatic heterocycles. The molecule has 43 heavy (non-hydrogen) atoms. The Balaban J connectivity index is 4.20. The number of rotatable bonds is 33. The van der Waals surface area contributed by atoms with E-state index in [0.29, 0.717) is 26.0 Å². The molecule has 0 aromatic carbocycles. The van der Waals surface area contributed by atoms with Crippen molar-refractivity contribution in [2.75, 3.05) is 13.2 Å². The van der Waals surface area contributed by atoms with Gasteiger partial charge in [-0.25, -0.2) is 4.79 Å². The van der Waals surface area contributed by atoms with Crippen LogP contribution in [-0.2, 0) is 14.3 Å². The highest BCUT2D eigenvalue weighted by Crippen LogP contribution is 2.20. The van der Waals surface area contributed by atoms with Crippen molar-refractivity contribution in [2.24, 2.45) is 22.2 Å². The molecule has 0 saturated heterocycles. The van der Waals surface area contributed by atoms with Gasteiger partial charge < -0.3 is 21.9 Å². The average Bonchev–Trinajstić information content (AvgIpc) is 2.99. The third-order valence-corrected chi connectivity index (χ3v) is 8.62. The fraction of sp³-hybridized carbons (Fsp3) is 0.917. The molecule has 0 aliphatic rings. The van der Waals surface area contributed by atoms with Gasteiger partial charge in [-0.15, -0.1) is 0 Å². The predicted octanol–water partition coefficient (Wildman–Crippen LogP) is 9.03. The van der Waals surface area contributed by atoms with Gasteiger partial charge in [0.25, 0.3) is 0 Å². The van der Waals surface area contributed by atoms with Crippen LogP contribution in [0.15, 0.2) is 4.99 Å². The highest BCUT2D eigenvalue weighted by molar-refractivity contribution is 6.08. The first-order chi connectivity index (χ1) is 20.9. The third-order valence-electron chi connectivity index (χ3n) is 8.62. The Morgan fingerprint density at radius 2 is 0.930 bits per heavy atom. The van der Waals surface area contributed by atoms with Gasteiger partial charge in [0, 0.05) is 13.0 Å². The number of ketones is 1. The van der Waals surface area contributed by atoms with E-state index < -0.39 is 11.5 Å². The van der Waals surface area contributed by atoms with Crippen LogP contribution < -0.4 is 17.2 Å². The lowest BCUT2D eigenvalue weighted by Gasteiger charge is -2.26. The van der Waals surface area contributed by atoms with E-state index in [4.69, 9.17) is 21.9 Å². The quantitative estimate of drug-likeness (QED) is 0.0224. The Labute approximate surface area is 266 Å². The van der Waals surface area contributed by atoms with Crippen LogP contribution in [-0.4, -0.2) is 36.4 Å². The molecule has 0 unspecified atom stereocenters. The van der Waals surface area contributed by atoms with Gasteiger partial charge in [0.1, 0.15) is 0 Å². The second-order valence-corrected chi connectivity index (χ2v) is 12.8. The number of hydrogen-bond donors (Lipinski definition) is 3. The van der Waals surface area contributed by atoms with Crippen LogP contribution >= 0.6 is 0 Å². The SMILES string of the molecule is CCCCCCCCCCCCCCCCCC(=O)[C@@](N)(CCCN=C(N)N)C(=O)OCCCCCCCCCCCC. The van der Waals surface area contributed by atoms with Crippen molar-refractivity contribution < 1.29 is 14.3 Å². The minimum atomic E-state index is -1.62. The maximum Gasteiger partial charge on any atom is 0.333 e. The van der Waals surface area contributed by atoms with E-state index in [1.54, 1.807) is 0 Å². The van der Waals surface area contributed by atoms with E-state index in [9.17, 15) is 9.59 Å². The largest absolute Gasteiger partial charge is 0.464 e. The molecule has 0 radical (unpaired) electrons. The molecule has 0 saturated carbocycles. The summed E-state index contributed by atoms with van der Waals surface area (Å²) in [5.41, 5.74) is 15.7. The molecule has 0 amide bonds. The summed E-state index contributed by atoms with van der Waals surface area (Å²) in [6.07, 6.45) is 32.1. The monoisotopic (exact) mass is 609 g/mol. The summed E-state index contributed by atoms with van der Waals surface area (Å²) >= 11 is 0. The van der Waals surface area contributed by atoms with Crippen molar-refractivity contribution in [3.63, 3.8) is 0 Å². The lowest BCUT2D eigenvalue weighted by molar-refractivity contribution is -0.154. The number of hydrogen-bond acceptors (Lipinski definition) is 5. The van der Waals surface area contributed by atoms with E-state index >= 15 is 0 Å². The molecule has 0 bridgehead atoms. The minimum absolute atomic E-state index is 0.00436. The molecule has 0 aromatic heterocycles. The molecule has 6 N–H and O–H groups in total. The molecular formula is C36H72N4O3. The second-order valence-electron chi connectivity index (χ2n) is 12.8. The van der Waals surface area contributed by atoms with Crippen LogP contribution in [0.1, 0.15) is 194 Å². The van der Waals surface area contributed by atoms with Gasteiger partial charge in [-0.2, -0.15) is 0 Å². The van der Waals surface area contributed by atoms with E-state index in [1.807, 2.05) is 0 Å². The Morgan fingerprint density at radius 1 is 0.558 bits per heavy atom. The van der Waals surface area contributed by atoms with Crippen molar-refractivity contribution in [1.29, 1.82) is 0 Å². The van der Waals surface area contributed by atoms with Crippen molar-refractivity contribution in [3.8, 4) is 0 Å². The highest BCUT2D eigenvalue weighted by atomic mass is 16.5. The van der Waals surface area contributed by atoms with Crippen molar-refractivity contribution in [2.45, 2.75) is 199 Å². The summed E-state index contributed by atoms with van der Waals surface area (Å²) < 4.78 is 5.54. The molecule has 254 valence electrons. The van der Waals surface area contributed by atoms with Gasteiger partial charge in [-0.05, 0) is 25.7 Å². The summed E-state index contributed by atoms with van der Waals surface area (Å²) in [6.45, 7) is 5.16. The number of aliphatic imine (C=N–C) groups is 1. The smallest absolute Gasteiger partial charge is 0.333 e. The van der Waals surface area contributed by atoms with Crippen LogP contribution in [0.2, 0.25) is 0 Å². The molecule has 0 rings (SSSR count). The van der Waals surface area contributed by atoms with Gasteiger partial charge in [-0.1, -0.05) is 162 Å². The van der Waals surface area contributed by atoms with E-state index in [0.717, 1.165) is 38.5 Å². The van der Waals surface area contributed by atoms with Gasteiger partial charge in [0.15, 0.2) is 17.3 Å². The lowest BCUT2D eigenvalue weighted by Crippen LogP contribution is -2.56. The number of esters is 1. The van der Waals surface area contributed by atoms with Crippen LogP contribution in [0, 0.1) is 0 Å². The van der Waals surface area contributed by atoms with Crippen molar-refractivity contribution >= 4 is 17.7 Å². The number of guanidine groups is 1. The number of carbonyl (C=O) groups excluding carboxylic acids is 2. The summed E-state index contributed by atoms with van der Waals surface area (Å²) in [4.78, 5) is 30.1. The molecule has 0 fully saturated rings. The average molecular weight is 609 g/mol. The minimum Gasteiger partial charge on any atom is -0.464 e. The predicted molar refractivity (Wildman–Crippen MR) is 184 cm³/mol. The van der Waals surface area contributed by atoms with Gasteiger partial charge in [-0.3, -0.25) is 9.79 Å². The van der Waals surface area contributed by atoms with Crippen LogP contribution in [0.3, 0.4) is 0 Å². The molecule has 1 atom stereocenters. The zero-order valence-electron chi connectivity index (χ0n) is 28.6. The standard InChI is InChI=1S/C36H72N4O3/c1-3-5-7-9-11-13-15-16-17-18-19-20-22-24-26-29-33(41)36(39,30-28-31-40-35(37)38)34(42)43-32-27-25-23-21-14-12-10-8-6-4-2/h3-32,39H2,1-2H3,(H4,37,38,40)/t36-/m0/s1. The zero-order chi connectivity index (χ0) is 31.9. The fourth-order valence-electron chi connectivity index (χ4n) is 5.68. The summed E-state index contributed by atoms with van der Waals surface area (Å²) in [7, 11) is 0. The van der Waals surface area contributed by atoms with Gasteiger partial charge in [0.2, 0.25) is 0 Å². The van der Waals surface area contributed by atoms with E-state index in [-0.39, 0.29) is 18.2 Å². The van der Waals surface area contributed by atoms with Crippen LogP contribution in [0.4, 0.5) is 0 Å². The van der Waals surface area contributed by atoms with Gasteiger partial charge >= 0.3 is 5.97 Å². The topological polar surface area (TPSA) is 134 Å². The first-order valence-corrected chi connectivity index (χ1v) is 18.4. The Bertz CT molecular complexity index is 681. The fourth-order valence-corrected chi connectivity index (χ4v) is 5.68. The number of unbranched alkanes of at least 4 members (excludes halogenated alkanes) is 23. The summed E-state index contributed by atoms with van der Waals surface area (Å²) in [5.74, 6) is -0.825. The molecular weight excluding hydrogens is 536 g/mol. The molecule has 0 aliphatic carbocycles. The molecule has 7 heteroatoms. The Kier molecular flexibility index (Phi) is 29.2. The Hall–Kier alpha value is -1.63. The molecule has 0 heterocycles. The van der Waals surface area contributed by atoms with Crippen LogP contribution in [0.5, 0.6) is 0 Å². The van der Waals surface area contributed by atoms with Crippen molar-refractivity contribution in [3.05, 3.63) is 0 Å². The number of nitrogens with zero attached hydrogens (tertiary/aromatic N) is 1.